The molecular formula is C15H18N2O2S. The third-order valence-electron chi connectivity index (χ3n) is 3.36. The van der Waals surface area contributed by atoms with E-state index in [4.69, 9.17) is 5.73 Å². The highest BCUT2D eigenvalue weighted by Gasteiger charge is 2.22. The van der Waals surface area contributed by atoms with Gasteiger partial charge in [-0.3, -0.25) is 4.31 Å². The maximum Gasteiger partial charge on any atom is 0.264 e. The molecule has 0 saturated carbocycles. The summed E-state index contributed by atoms with van der Waals surface area (Å²) in [6.07, 6.45) is 0. The number of hydrogen-bond donors (Lipinski definition) is 1. The molecule has 0 unspecified atom stereocenters. The minimum atomic E-state index is -3.60. The Morgan fingerprint density at radius 2 is 1.65 bits per heavy atom. The first-order chi connectivity index (χ1) is 9.34. The predicted octanol–water partition coefficient (Wildman–Crippen LogP) is 2.71. The summed E-state index contributed by atoms with van der Waals surface area (Å²) in [5.41, 5.74) is 8.70. The Hall–Kier alpha value is -2.01. The summed E-state index contributed by atoms with van der Waals surface area (Å²) in [4.78, 5) is 0.200. The van der Waals surface area contributed by atoms with E-state index in [-0.39, 0.29) is 4.90 Å². The Balaban J connectivity index is 2.50. The first-order valence-corrected chi connectivity index (χ1v) is 7.68. The summed E-state index contributed by atoms with van der Waals surface area (Å²) in [6.45, 7) is 3.72. The molecule has 0 amide bonds. The van der Waals surface area contributed by atoms with Crippen molar-refractivity contribution in [1.29, 1.82) is 0 Å². The lowest BCUT2D eigenvalue weighted by Gasteiger charge is -2.21. The van der Waals surface area contributed by atoms with Crippen LogP contribution < -0.4 is 10.0 Å². The molecule has 20 heavy (non-hydrogen) atoms. The smallest absolute Gasteiger partial charge is 0.264 e. The average molecular weight is 290 g/mol. The standard InChI is InChI=1S/C15H18N2O2S/c1-11-8-9-13(10-14(11)16)20(18,19)17(3)15-7-5-4-6-12(15)2/h4-10H,16H2,1-3H3. The monoisotopic (exact) mass is 290 g/mol. The number of benzene rings is 2. The number of sulfonamides is 1. The molecule has 5 heteroatoms. The minimum absolute atomic E-state index is 0.200. The molecule has 0 spiro atoms. The predicted molar refractivity (Wildman–Crippen MR) is 82.4 cm³/mol. The topological polar surface area (TPSA) is 63.4 Å². The second kappa shape index (κ2) is 5.17. The second-order valence-corrected chi connectivity index (χ2v) is 6.75. The van der Waals surface area contributed by atoms with Crippen molar-refractivity contribution in [2.24, 2.45) is 0 Å². The van der Waals surface area contributed by atoms with Gasteiger partial charge in [-0.1, -0.05) is 24.3 Å². The van der Waals surface area contributed by atoms with Crippen LogP contribution in [-0.4, -0.2) is 15.5 Å². The van der Waals surface area contributed by atoms with E-state index in [0.717, 1.165) is 11.1 Å². The Morgan fingerprint density at radius 1 is 1.00 bits per heavy atom. The van der Waals surface area contributed by atoms with E-state index >= 15 is 0 Å². The molecule has 2 rings (SSSR count). The van der Waals surface area contributed by atoms with Crippen molar-refractivity contribution in [3.05, 3.63) is 53.6 Å². The molecule has 106 valence electrons. The van der Waals surface area contributed by atoms with Crippen LogP contribution in [0, 0.1) is 13.8 Å². The maximum atomic E-state index is 12.6. The fraction of sp³-hybridized carbons (Fsp3) is 0.200. The lowest BCUT2D eigenvalue weighted by atomic mass is 10.2. The molecule has 0 aliphatic rings. The van der Waals surface area contributed by atoms with Crippen LogP contribution in [0.3, 0.4) is 0 Å². The van der Waals surface area contributed by atoms with Crippen LogP contribution in [0.1, 0.15) is 11.1 Å². The fourth-order valence-electron chi connectivity index (χ4n) is 1.98. The summed E-state index contributed by atoms with van der Waals surface area (Å²) in [7, 11) is -2.05. The number of rotatable bonds is 3. The van der Waals surface area contributed by atoms with Gasteiger partial charge in [-0.15, -0.1) is 0 Å². The number of para-hydroxylation sites is 1. The van der Waals surface area contributed by atoms with E-state index in [1.54, 1.807) is 25.2 Å². The number of aryl methyl sites for hydroxylation is 2. The van der Waals surface area contributed by atoms with Gasteiger partial charge in [-0.25, -0.2) is 8.42 Å². The highest BCUT2D eigenvalue weighted by atomic mass is 32.2. The molecule has 0 bridgehead atoms. The van der Waals surface area contributed by atoms with E-state index in [9.17, 15) is 8.42 Å². The molecule has 0 saturated heterocycles. The molecule has 2 aromatic rings. The Morgan fingerprint density at radius 3 is 2.25 bits per heavy atom. The molecule has 0 aromatic heterocycles. The molecule has 2 aromatic carbocycles. The Kier molecular flexibility index (Phi) is 3.72. The molecule has 0 atom stereocenters. The van der Waals surface area contributed by atoms with Crippen LogP contribution in [0.25, 0.3) is 0 Å². The third-order valence-corrected chi connectivity index (χ3v) is 5.13. The normalized spacial score (nSPS) is 11.3. The zero-order chi connectivity index (χ0) is 14.9. The van der Waals surface area contributed by atoms with Gasteiger partial charge in [0.1, 0.15) is 0 Å². The van der Waals surface area contributed by atoms with E-state index in [1.807, 2.05) is 32.0 Å². The van der Waals surface area contributed by atoms with E-state index in [2.05, 4.69) is 0 Å². The van der Waals surface area contributed by atoms with Crippen molar-refractivity contribution in [2.75, 3.05) is 17.1 Å². The second-order valence-electron chi connectivity index (χ2n) is 4.78. The van der Waals surface area contributed by atoms with Crippen LogP contribution in [-0.2, 0) is 10.0 Å². The minimum Gasteiger partial charge on any atom is -0.398 e. The van der Waals surface area contributed by atoms with E-state index in [1.165, 1.54) is 10.4 Å². The van der Waals surface area contributed by atoms with Gasteiger partial charge in [-0.05, 0) is 43.2 Å². The van der Waals surface area contributed by atoms with Gasteiger partial charge in [0, 0.05) is 12.7 Å². The lowest BCUT2D eigenvalue weighted by Crippen LogP contribution is -2.27. The van der Waals surface area contributed by atoms with Crippen molar-refractivity contribution in [1.82, 2.24) is 0 Å². The van der Waals surface area contributed by atoms with Crippen LogP contribution in [0.4, 0.5) is 11.4 Å². The Bertz CT molecular complexity index is 739. The number of nitrogens with two attached hydrogens (primary N) is 1. The largest absolute Gasteiger partial charge is 0.398 e. The summed E-state index contributed by atoms with van der Waals surface area (Å²) < 4.78 is 26.5. The average Bonchev–Trinajstić information content (AvgIpc) is 2.41. The van der Waals surface area contributed by atoms with E-state index < -0.39 is 10.0 Å². The molecule has 0 fully saturated rings. The van der Waals surface area contributed by atoms with Crippen molar-refractivity contribution < 1.29 is 8.42 Å². The van der Waals surface area contributed by atoms with Gasteiger partial charge in [0.2, 0.25) is 0 Å². The van der Waals surface area contributed by atoms with Crippen molar-refractivity contribution >= 4 is 21.4 Å². The van der Waals surface area contributed by atoms with Crippen molar-refractivity contribution in [3.8, 4) is 0 Å². The van der Waals surface area contributed by atoms with Gasteiger partial charge in [0.05, 0.1) is 10.6 Å². The Labute approximate surface area is 119 Å². The zero-order valence-corrected chi connectivity index (χ0v) is 12.6. The lowest BCUT2D eigenvalue weighted by molar-refractivity contribution is 0.594. The van der Waals surface area contributed by atoms with Crippen molar-refractivity contribution in [3.63, 3.8) is 0 Å². The maximum absolute atomic E-state index is 12.6. The number of nitrogen functional groups attached to an aromatic ring is 1. The SMILES string of the molecule is Cc1ccc(S(=O)(=O)N(C)c2ccccc2C)cc1N. The van der Waals surface area contributed by atoms with Crippen LogP contribution in [0.15, 0.2) is 47.4 Å². The van der Waals surface area contributed by atoms with Gasteiger partial charge in [0.15, 0.2) is 0 Å². The molecule has 0 aliphatic heterocycles. The quantitative estimate of drug-likeness (QED) is 0.884. The fourth-order valence-corrected chi connectivity index (χ4v) is 3.28. The highest BCUT2D eigenvalue weighted by Crippen LogP contribution is 2.26. The molecular weight excluding hydrogens is 272 g/mol. The molecule has 0 radical (unpaired) electrons. The van der Waals surface area contributed by atoms with Gasteiger partial charge in [0.25, 0.3) is 10.0 Å². The summed E-state index contributed by atoms with van der Waals surface area (Å²) in [5.74, 6) is 0. The van der Waals surface area contributed by atoms with Gasteiger partial charge in [-0.2, -0.15) is 0 Å². The first-order valence-electron chi connectivity index (χ1n) is 6.24. The molecule has 0 aliphatic carbocycles. The third kappa shape index (κ3) is 2.49. The van der Waals surface area contributed by atoms with Crippen LogP contribution >= 0.6 is 0 Å². The molecule has 4 nitrogen and oxygen atoms in total. The van der Waals surface area contributed by atoms with Crippen LogP contribution in [0.2, 0.25) is 0 Å². The summed E-state index contributed by atoms with van der Waals surface area (Å²) >= 11 is 0. The van der Waals surface area contributed by atoms with Crippen molar-refractivity contribution in [2.45, 2.75) is 18.7 Å². The molecule has 0 heterocycles. The zero-order valence-electron chi connectivity index (χ0n) is 11.8. The van der Waals surface area contributed by atoms with E-state index in [0.29, 0.717) is 11.4 Å². The van der Waals surface area contributed by atoms with Crippen LogP contribution in [0.5, 0.6) is 0 Å². The summed E-state index contributed by atoms with van der Waals surface area (Å²) in [6, 6.07) is 12.2. The summed E-state index contributed by atoms with van der Waals surface area (Å²) in [5, 5.41) is 0. The molecule has 2 N–H and O–H groups in total. The number of anilines is 2. The van der Waals surface area contributed by atoms with Gasteiger partial charge < -0.3 is 5.73 Å². The highest BCUT2D eigenvalue weighted by molar-refractivity contribution is 7.92. The first kappa shape index (κ1) is 14.4. The number of hydrogen-bond acceptors (Lipinski definition) is 3. The van der Waals surface area contributed by atoms with Gasteiger partial charge >= 0.3 is 0 Å². The number of nitrogens with zero attached hydrogens (tertiary/aromatic N) is 1.